The molecule has 0 spiro atoms. The standard InChI is InChI=1S/C11H15N5O/c1-12-5-9-3-4-10(13-6-9)7-17-11-14-8-16(2)15-11/h3-4,6,8,12H,5,7H2,1-2H3. The van der Waals surface area contributed by atoms with Crippen LogP contribution in [0.2, 0.25) is 0 Å². The van der Waals surface area contributed by atoms with Gasteiger partial charge in [0.25, 0.3) is 0 Å². The van der Waals surface area contributed by atoms with E-state index in [1.807, 2.05) is 25.4 Å². The Morgan fingerprint density at radius 3 is 2.82 bits per heavy atom. The first-order chi connectivity index (χ1) is 8.28. The van der Waals surface area contributed by atoms with Crippen molar-refractivity contribution in [1.82, 2.24) is 25.1 Å². The molecule has 0 unspecified atom stereocenters. The molecule has 0 aromatic carbocycles. The summed E-state index contributed by atoms with van der Waals surface area (Å²) in [5.74, 6) is 0. The van der Waals surface area contributed by atoms with E-state index in [-0.39, 0.29) is 0 Å². The maximum atomic E-state index is 5.39. The van der Waals surface area contributed by atoms with Crippen LogP contribution in [0.1, 0.15) is 11.3 Å². The average Bonchev–Trinajstić information content (AvgIpc) is 2.75. The summed E-state index contributed by atoms with van der Waals surface area (Å²) < 4.78 is 6.99. The first-order valence-electron chi connectivity index (χ1n) is 5.35. The second-order valence-corrected chi connectivity index (χ2v) is 3.68. The van der Waals surface area contributed by atoms with Crippen LogP contribution in [-0.2, 0) is 20.2 Å². The topological polar surface area (TPSA) is 64.9 Å². The molecule has 0 atom stereocenters. The summed E-state index contributed by atoms with van der Waals surface area (Å²) in [6.45, 7) is 1.19. The van der Waals surface area contributed by atoms with Crippen molar-refractivity contribution < 1.29 is 4.74 Å². The zero-order chi connectivity index (χ0) is 12.1. The fourth-order valence-electron chi connectivity index (χ4n) is 1.37. The van der Waals surface area contributed by atoms with Crippen LogP contribution in [0.4, 0.5) is 0 Å². The quantitative estimate of drug-likeness (QED) is 0.815. The van der Waals surface area contributed by atoms with Gasteiger partial charge in [-0.3, -0.25) is 9.67 Å². The maximum absolute atomic E-state index is 5.39. The number of nitrogens with one attached hydrogen (secondary N) is 1. The largest absolute Gasteiger partial charge is 0.456 e. The molecule has 0 aliphatic rings. The molecule has 0 aliphatic carbocycles. The summed E-state index contributed by atoms with van der Waals surface area (Å²) in [7, 11) is 3.70. The van der Waals surface area contributed by atoms with Gasteiger partial charge in [-0.15, -0.1) is 5.10 Å². The van der Waals surface area contributed by atoms with E-state index in [0.29, 0.717) is 12.6 Å². The fraction of sp³-hybridized carbons (Fsp3) is 0.364. The summed E-state index contributed by atoms with van der Waals surface area (Å²) in [6, 6.07) is 4.33. The van der Waals surface area contributed by atoms with E-state index in [1.165, 1.54) is 0 Å². The van der Waals surface area contributed by atoms with E-state index in [1.54, 1.807) is 18.1 Å². The van der Waals surface area contributed by atoms with E-state index >= 15 is 0 Å². The van der Waals surface area contributed by atoms with Crippen LogP contribution in [0.3, 0.4) is 0 Å². The Bertz CT molecular complexity index is 465. The summed E-state index contributed by atoms with van der Waals surface area (Å²) in [4.78, 5) is 8.26. The number of hydrogen-bond acceptors (Lipinski definition) is 5. The first kappa shape index (κ1) is 11.5. The molecule has 1 N–H and O–H groups in total. The van der Waals surface area contributed by atoms with Crippen LogP contribution in [0.25, 0.3) is 0 Å². The van der Waals surface area contributed by atoms with Crippen molar-refractivity contribution >= 4 is 0 Å². The van der Waals surface area contributed by atoms with Crippen molar-refractivity contribution in [3.8, 4) is 6.01 Å². The third-order valence-electron chi connectivity index (χ3n) is 2.19. The lowest BCUT2D eigenvalue weighted by Crippen LogP contribution is -2.06. The Labute approximate surface area is 99.7 Å². The minimum Gasteiger partial charge on any atom is -0.456 e. The Hall–Kier alpha value is -1.95. The second kappa shape index (κ2) is 5.40. The molecule has 17 heavy (non-hydrogen) atoms. The van der Waals surface area contributed by atoms with Crippen LogP contribution in [0.15, 0.2) is 24.7 Å². The van der Waals surface area contributed by atoms with Crippen molar-refractivity contribution in [2.45, 2.75) is 13.2 Å². The Morgan fingerprint density at radius 1 is 1.35 bits per heavy atom. The summed E-state index contributed by atoms with van der Waals surface area (Å²) in [6.07, 6.45) is 3.43. The molecule has 0 aliphatic heterocycles. The molecule has 0 saturated heterocycles. The predicted octanol–water partition coefficient (Wildman–Crippen LogP) is 0.508. The van der Waals surface area contributed by atoms with Gasteiger partial charge in [0, 0.05) is 19.8 Å². The summed E-state index contributed by atoms with van der Waals surface area (Å²) in [5.41, 5.74) is 2.00. The van der Waals surface area contributed by atoms with Crippen molar-refractivity contribution in [3.63, 3.8) is 0 Å². The van der Waals surface area contributed by atoms with Gasteiger partial charge in [0.2, 0.25) is 0 Å². The summed E-state index contributed by atoms with van der Waals surface area (Å²) >= 11 is 0. The lowest BCUT2D eigenvalue weighted by molar-refractivity contribution is 0.275. The SMILES string of the molecule is CNCc1ccc(COc2ncn(C)n2)nc1. The minimum absolute atomic E-state index is 0.369. The van der Waals surface area contributed by atoms with Crippen LogP contribution < -0.4 is 10.1 Å². The van der Waals surface area contributed by atoms with Gasteiger partial charge >= 0.3 is 6.01 Å². The monoisotopic (exact) mass is 233 g/mol. The highest BCUT2D eigenvalue weighted by molar-refractivity contribution is 5.13. The number of hydrogen-bond donors (Lipinski definition) is 1. The van der Waals surface area contributed by atoms with Crippen molar-refractivity contribution in [2.75, 3.05) is 7.05 Å². The molecular formula is C11H15N5O. The van der Waals surface area contributed by atoms with Gasteiger partial charge in [0.05, 0.1) is 5.69 Å². The smallest absolute Gasteiger partial charge is 0.335 e. The van der Waals surface area contributed by atoms with E-state index in [2.05, 4.69) is 20.4 Å². The van der Waals surface area contributed by atoms with Crippen molar-refractivity contribution in [3.05, 3.63) is 35.9 Å². The van der Waals surface area contributed by atoms with E-state index in [0.717, 1.165) is 17.8 Å². The Kier molecular flexibility index (Phi) is 3.66. The van der Waals surface area contributed by atoms with Gasteiger partial charge < -0.3 is 10.1 Å². The second-order valence-electron chi connectivity index (χ2n) is 3.68. The molecule has 2 aromatic heterocycles. The number of pyridine rings is 1. The number of nitrogens with zero attached hydrogens (tertiary/aromatic N) is 4. The van der Waals surface area contributed by atoms with Crippen LogP contribution in [0.5, 0.6) is 6.01 Å². The van der Waals surface area contributed by atoms with Gasteiger partial charge in [-0.25, -0.2) is 0 Å². The highest BCUT2D eigenvalue weighted by Gasteiger charge is 2.01. The average molecular weight is 233 g/mol. The van der Waals surface area contributed by atoms with Crippen LogP contribution >= 0.6 is 0 Å². The zero-order valence-corrected chi connectivity index (χ0v) is 9.92. The third kappa shape index (κ3) is 3.25. The highest BCUT2D eigenvalue weighted by atomic mass is 16.5. The van der Waals surface area contributed by atoms with Crippen molar-refractivity contribution in [2.24, 2.45) is 7.05 Å². The Balaban J connectivity index is 1.90. The van der Waals surface area contributed by atoms with Gasteiger partial charge in [-0.1, -0.05) is 6.07 Å². The maximum Gasteiger partial charge on any atom is 0.335 e. The molecular weight excluding hydrogens is 218 g/mol. The minimum atomic E-state index is 0.369. The fourth-order valence-corrected chi connectivity index (χ4v) is 1.37. The van der Waals surface area contributed by atoms with Gasteiger partial charge in [0.1, 0.15) is 12.9 Å². The highest BCUT2D eigenvalue weighted by Crippen LogP contribution is 2.05. The molecule has 2 rings (SSSR count). The van der Waals surface area contributed by atoms with Crippen molar-refractivity contribution in [1.29, 1.82) is 0 Å². The molecule has 0 saturated carbocycles. The number of aryl methyl sites for hydroxylation is 1. The number of ether oxygens (including phenoxy) is 1. The predicted molar refractivity (Wildman–Crippen MR) is 62.3 cm³/mol. The molecule has 6 heteroatoms. The van der Waals surface area contributed by atoms with E-state index in [4.69, 9.17) is 4.74 Å². The molecule has 2 aromatic rings. The molecule has 0 amide bonds. The molecule has 0 radical (unpaired) electrons. The molecule has 90 valence electrons. The van der Waals surface area contributed by atoms with Gasteiger partial charge in [-0.05, 0) is 18.7 Å². The van der Waals surface area contributed by atoms with Gasteiger partial charge in [-0.2, -0.15) is 4.98 Å². The third-order valence-corrected chi connectivity index (χ3v) is 2.19. The normalized spacial score (nSPS) is 10.5. The molecule has 2 heterocycles. The lowest BCUT2D eigenvalue weighted by atomic mass is 10.2. The van der Waals surface area contributed by atoms with Crippen LogP contribution in [-0.4, -0.2) is 26.8 Å². The number of aromatic nitrogens is 4. The molecule has 0 fully saturated rings. The lowest BCUT2D eigenvalue weighted by Gasteiger charge is -2.03. The Morgan fingerprint density at radius 2 is 2.24 bits per heavy atom. The van der Waals surface area contributed by atoms with E-state index < -0.39 is 0 Å². The van der Waals surface area contributed by atoms with Gasteiger partial charge in [0.15, 0.2) is 0 Å². The number of rotatable bonds is 5. The summed E-state index contributed by atoms with van der Waals surface area (Å²) in [5, 5.41) is 7.09. The zero-order valence-electron chi connectivity index (χ0n) is 9.92. The molecule has 6 nitrogen and oxygen atoms in total. The van der Waals surface area contributed by atoms with Crippen LogP contribution in [0, 0.1) is 0 Å². The van der Waals surface area contributed by atoms with E-state index in [9.17, 15) is 0 Å². The molecule has 0 bridgehead atoms. The first-order valence-corrected chi connectivity index (χ1v) is 5.35.